The Hall–Kier alpha value is -0.0000000000000000208. The molecule has 0 amide bonds. The zero-order valence-corrected chi connectivity index (χ0v) is 5.65. The lowest BCUT2D eigenvalue weighted by Crippen LogP contribution is -2.10. The van der Waals surface area contributed by atoms with Crippen LogP contribution in [-0.2, 0) is 19.2 Å². The SMILES string of the molecule is CCO[SH](=O)(F)OC. The van der Waals surface area contributed by atoms with Crippen molar-refractivity contribution in [2.24, 2.45) is 0 Å². The third kappa shape index (κ3) is 3.06. The fourth-order valence-electron chi connectivity index (χ4n) is 0.207. The van der Waals surface area contributed by atoms with Gasteiger partial charge in [0.1, 0.15) is 0 Å². The Morgan fingerprint density at radius 1 is 1.75 bits per heavy atom. The van der Waals surface area contributed by atoms with Crippen LogP contribution < -0.4 is 0 Å². The Morgan fingerprint density at radius 2 is 2.25 bits per heavy atom. The summed E-state index contributed by atoms with van der Waals surface area (Å²) in [7, 11) is -3.18. The molecule has 0 aromatic heterocycles. The average Bonchev–Trinajstić information content (AvgIpc) is 1.67. The molecule has 0 rings (SSSR count). The molecule has 52 valence electrons. The lowest BCUT2D eigenvalue weighted by molar-refractivity contribution is 0.244. The van der Waals surface area contributed by atoms with Crippen LogP contribution >= 0.6 is 0 Å². The van der Waals surface area contributed by atoms with Crippen LogP contribution in [0.3, 0.4) is 0 Å². The molecule has 0 atom stereocenters. The Bertz CT molecular complexity index is 105. The number of hydrogen-bond donors (Lipinski definition) is 1. The molecule has 5 heteroatoms. The third-order valence-electron chi connectivity index (χ3n) is 0.501. The van der Waals surface area contributed by atoms with Gasteiger partial charge in [0.25, 0.3) is 0 Å². The van der Waals surface area contributed by atoms with E-state index < -0.39 is 10.9 Å². The molecule has 0 saturated heterocycles. The maximum Gasteiger partial charge on any atom is 0.219 e. The van der Waals surface area contributed by atoms with Gasteiger partial charge in [-0.05, 0) is 6.92 Å². The molecular weight excluding hydrogens is 135 g/mol. The molecular formula is C3H9FO3S. The summed E-state index contributed by atoms with van der Waals surface area (Å²) in [6.07, 6.45) is 0. The summed E-state index contributed by atoms with van der Waals surface area (Å²) in [6, 6.07) is 0. The second-order valence-corrected chi connectivity index (χ2v) is 2.52. The first-order valence-corrected chi connectivity index (χ1v) is 3.55. The van der Waals surface area contributed by atoms with E-state index in [0.717, 1.165) is 7.11 Å². The van der Waals surface area contributed by atoms with Gasteiger partial charge in [-0.1, -0.05) is 0 Å². The van der Waals surface area contributed by atoms with E-state index in [4.69, 9.17) is 0 Å². The van der Waals surface area contributed by atoms with Crippen molar-refractivity contribution in [3.05, 3.63) is 0 Å². The molecule has 3 nitrogen and oxygen atoms in total. The van der Waals surface area contributed by atoms with Crippen molar-refractivity contribution < 1.29 is 16.5 Å². The van der Waals surface area contributed by atoms with Crippen LogP contribution in [0.5, 0.6) is 0 Å². The first-order valence-electron chi connectivity index (χ1n) is 2.12. The third-order valence-corrected chi connectivity index (χ3v) is 1.50. The fraction of sp³-hybridized carbons (Fsp3) is 1.00. The molecule has 8 heavy (non-hydrogen) atoms. The Kier molecular flexibility index (Phi) is 3.11. The minimum Gasteiger partial charge on any atom is -0.275 e. The Balaban J connectivity index is 3.55. The number of hydrogen-bond acceptors (Lipinski definition) is 3. The minimum atomic E-state index is -4.17. The van der Waals surface area contributed by atoms with Gasteiger partial charge in [0, 0.05) is 0 Å². The average molecular weight is 144 g/mol. The molecule has 0 heterocycles. The molecule has 0 N–H and O–H groups in total. The summed E-state index contributed by atoms with van der Waals surface area (Å²) in [6.45, 7) is 1.59. The van der Waals surface area contributed by atoms with Crippen molar-refractivity contribution in [3.63, 3.8) is 0 Å². The highest BCUT2D eigenvalue weighted by Gasteiger charge is 2.06. The molecule has 0 aliphatic carbocycles. The van der Waals surface area contributed by atoms with E-state index in [-0.39, 0.29) is 6.61 Å². The van der Waals surface area contributed by atoms with Crippen LogP contribution in [0.2, 0.25) is 0 Å². The number of halogens is 1. The maximum atomic E-state index is 11.9. The second-order valence-electron chi connectivity index (χ2n) is 1.03. The fourth-order valence-corrected chi connectivity index (χ4v) is 0.621. The second kappa shape index (κ2) is 3.11. The quantitative estimate of drug-likeness (QED) is 0.460. The minimum absolute atomic E-state index is 0.0572. The summed E-state index contributed by atoms with van der Waals surface area (Å²) < 4.78 is 29.9. The molecule has 0 aromatic rings. The van der Waals surface area contributed by atoms with Crippen LogP contribution in [0.25, 0.3) is 0 Å². The van der Waals surface area contributed by atoms with Gasteiger partial charge in [0.15, 0.2) is 0 Å². The van der Waals surface area contributed by atoms with Crippen LogP contribution in [-0.4, -0.2) is 17.9 Å². The van der Waals surface area contributed by atoms with E-state index in [2.05, 4.69) is 8.37 Å². The van der Waals surface area contributed by atoms with Gasteiger partial charge in [0.05, 0.1) is 13.7 Å². The van der Waals surface area contributed by atoms with Gasteiger partial charge in [-0.25, -0.2) is 4.21 Å². The molecule has 0 radical (unpaired) electrons. The molecule has 0 spiro atoms. The normalized spacial score (nSPS) is 13.9. The van der Waals surface area contributed by atoms with Crippen molar-refractivity contribution in [3.8, 4) is 0 Å². The first-order chi connectivity index (χ1) is 3.62. The Labute approximate surface area is 48.9 Å². The van der Waals surface area contributed by atoms with Crippen LogP contribution in [0.15, 0.2) is 0 Å². The summed E-state index contributed by atoms with van der Waals surface area (Å²) in [4.78, 5) is 0. The van der Waals surface area contributed by atoms with E-state index in [0.29, 0.717) is 0 Å². The van der Waals surface area contributed by atoms with Gasteiger partial charge in [-0.15, -0.1) is 3.89 Å². The molecule has 0 aromatic carbocycles. The van der Waals surface area contributed by atoms with Gasteiger partial charge < -0.3 is 0 Å². The largest absolute Gasteiger partial charge is 0.275 e. The standard InChI is InChI=1S/C3H9FO3S/c1-3-7-8(4,5)6-2/h8H,3H2,1-2H3. The summed E-state index contributed by atoms with van der Waals surface area (Å²) >= 11 is 0. The predicted octanol–water partition coefficient (Wildman–Crippen LogP) is 0.401. The summed E-state index contributed by atoms with van der Waals surface area (Å²) in [5.41, 5.74) is 0. The Morgan fingerprint density at radius 3 is 2.38 bits per heavy atom. The molecule has 0 fully saturated rings. The van der Waals surface area contributed by atoms with Gasteiger partial charge in [-0.3, -0.25) is 8.37 Å². The zero-order chi connectivity index (χ0) is 6.62. The number of thiol groups is 1. The zero-order valence-electron chi connectivity index (χ0n) is 4.76. The van der Waals surface area contributed by atoms with Crippen LogP contribution in [0, 0.1) is 0 Å². The number of rotatable bonds is 3. The van der Waals surface area contributed by atoms with Crippen molar-refractivity contribution >= 4 is 10.9 Å². The van der Waals surface area contributed by atoms with E-state index in [1.807, 2.05) is 0 Å². The van der Waals surface area contributed by atoms with Crippen LogP contribution in [0.1, 0.15) is 6.92 Å². The van der Waals surface area contributed by atoms with E-state index in [1.54, 1.807) is 0 Å². The van der Waals surface area contributed by atoms with Gasteiger partial charge in [0.2, 0.25) is 10.9 Å². The lowest BCUT2D eigenvalue weighted by Gasteiger charge is -2.10. The van der Waals surface area contributed by atoms with Crippen LogP contribution in [0.4, 0.5) is 3.89 Å². The smallest absolute Gasteiger partial charge is 0.219 e. The lowest BCUT2D eigenvalue weighted by atomic mass is 10.9. The first kappa shape index (κ1) is 8.00. The van der Waals surface area contributed by atoms with E-state index in [9.17, 15) is 8.09 Å². The van der Waals surface area contributed by atoms with Crippen molar-refractivity contribution in [2.75, 3.05) is 13.7 Å². The highest BCUT2D eigenvalue weighted by atomic mass is 32.3. The molecule has 0 unspecified atom stereocenters. The maximum absolute atomic E-state index is 11.9. The van der Waals surface area contributed by atoms with Crippen molar-refractivity contribution in [2.45, 2.75) is 6.92 Å². The summed E-state index contributed by atoms with van der Waals surface area (Å²) in [5.74, 6) is 0. The molecule has 0 saturated carbocycles. The monoisotopic (exact) mass is 144 g/mol. The van der Waals surface area contributed by atoms with E-state index >= 15 is 0 Å². The molecule has 0 aliphatic heterocycles. The van der Waals surface area contributed by atoms with Gasteiger partial charge >= 0.3 is 0 Å². The highest BCUT2D eigenvalue weighted by Crippen LogP contribution is 2.06. The van der Waals surface area contributed by atoms with E-state index in [1.165, 1.54) is 6.92 Å². The van der Waals surface area contributed by atoms with Crippen molar-refractivity contribution in [1.29, 1.82) is 0 Å². The summed E-state index contributed by atoms with van der Waals surface area (Å²) in [5, 5.41) is 0. The van der Waals surface area contributed by atoms with Gasteiger partial charge in [-0.2, -0.15) is 0 Å². The molecule has 0 aliphatic rings. The van der Waals surface area contributed by atoms with Crippen molar-refractivity contribution in [1.82, 2.24) is 0 Å². The molecule has 0 bridgehead atoms. The topological polar surface area (TPSA) is 35.5 Å². The predicted molar refractivity (Wildman–Crippen MR) is 29.3 cm³/mol. The highest BCUT2D eigenvalue weighted by molar-refractivity contribution is 7.89.